The molecule has 3 unspecified atom stereocenters. The van der Waals surface area contributed by atoms with E-state index in [1.54, 1.807) is 6.07 Å². The fraction of sp³-hybridized carbons (Fsp3) is 0.583. The summed E-state index contributed by atoms with van der Waals surface area (Å²) >= 11 is 2.17. The summed E-state index contributed by atoms with van der Waals surface area (Å²) in [6, 6.07) is 2.10. The summed E-state index contributed by atoms with van der Waals surface area (Å²) in [6.07, 6.45) is 4.25. The van der Waals surface area contributed by atoms with Gasteiger partial charge in [0.2, 0.25) is 0 Å². The molecule has 1 aliphatic rings. The van der Waals surface area contributed by atoms with E-state index in [1.807, 2.05) is 10.8 Å². The van der Waals surface area contributed by atoms with Crippen LogP contribution < -0.4 is 0 Å². The van der Waals surface area contributed by atoms with E-state index in [0.29, 0.717) is 23.6 Å². The van der Waals surface area contributed by atoms with Gasteiger partial charge in [-0.25, -0.2) is 4.79 Å². The van der Waals surface area contributed by atoms with Crippen molar-refractivity contribution in [1.29, 1.82) is 0 Å². The molecule has 0 radical (unpaired) electrons. The van der Waals surface area contributed by atoms with E-state index in [1.165, 1.54) is 6.42 Å². The lowest BCUT2D eigenvalue weighted by Crippen LogP contribution is -2.18. The molecule has 1 aliphatic carbocycles. The Morgan fingerprint density at radius 2 is 2.19 bits per heavy atom. The smallest absolute Gasteiger partial charge is 0.352 e. The van der Waals surface area contributed by atoms with Gasteiger partial charge in [-0.15, -0.1) is 0 Å². The van der Waals surface area contributed by atoms with E-state index >= 15 is 0 Å². The van der Waals surface area contributed by atoms with Crippen molar-refractivity contribution in [3.63, 3.8) is 0 Å². The number of aromatic nitrogens is 1. The zero-order chi connectivity index (χ0) is 11.9. The van der Waals surface area contributed by atoms with Crippen LogP contribution in [0.25, 0.3) is 0 Å². The molecule has 1 saturated carbocycles. The maximum Gasteiger partial charge on any atom is 0.352 e. The van der Waals surface area contributed by atoms with Crippen molar-refractivity contribution >= 4 is 28.6 Å². The first kappa shape index (κ1) is 12.0. The van der Waals surface area contributed by atoms with Crippen LogP contribution >= 0.6 is 22.6 Å². The van der Waals surface area contributed by atoms with E-state index in [2.05, 4.69) is 36.4 Å². The van der Waals surface area contributed by atoms with Crippen molar-refractivity contribution in [2.75, 3.05) is 0 Å². The quantitative estimate of drug-likeness (QED) is 0.843. The average molecular weight is 333 g/mol. The Morgan fingerprint density at radius 1 is 1.50 bits per heavy atom. The molecule has 3 atom stereocenters. The summed E-state index contributed by atoms with van der Waals surface area (Å²) in [7, 11) is 0. The number of halogens is 1. The molecule has 1 aromatic rings. The third-order valence-electron chi connectivity index (χ3n) is 3.81. The van der Waals surface area contributed by atoms with Crippen molar-refractivity contribution in [3.8, 4) is 0 Å². The second-order valence-electron chi connectivity index (χ2n) is 4.74. The minimum Gasteiger partial charge on any atom is -0.477 e. The van der Waals surface area contributed by atoms with E-state index in [-0.39, 0.29) is 0 Å². The Bertz CT molecular complexity index is 413. The average Bonchev–Trinajstić information content (AvgIpc) is 2.73. The van der Waals surface area contributed by atoms with Crippen LogP contribution in [0.5, 0.6) is 0 Å². The Labute approximate surface area is 109 Å². The molecule has 0 bridgehead atoms. The number of hydrogen-bond acceptors (Lipinski definition) is 1. The number of carboxylic acid groups (broad SMARTS) is 1. The minimum atomic E-state index is -0.824. The normalized spacial score (nSPS) is 29.6. The summed E-state index contributed by atoms with van der Waals surface area (Å²) in [4.78, 5) is 11.2. The highest BCUT2D eigenvalue weighted by molar-refractivity contribution is 14.1. The van der Waals surface area contributed by atoms with Gasteiger partial charge in [0.1, 0.15) is 5.69 Å². The van der Waals surface area contributed by atoms with Crippen molar-refractivity contribution in [2.45, 2.75) is 32.7 Å². The molecule has 88 valence electrons. The van der Waals surface area contributed by atoms with Gasteiger partial charge < -0.3 is 9.67 Å². The molecule has 1 aromatic heterocycles. The number of nitrogens with zero attached hydrogens (tertiary/aromatic N) is 1. The number of aromatic carboxylic acids is 1. The topological polar surface area (TPSA) is 42.2 Å². The van der Waals surface area contributed by atoms with Crippen LogP contribution in [-0.4, -0.2) is 15.6 Å². The van der Waals surface area contributed by atoms with E-state index in [9.17, 15) is 4.79 Å². The first-order valence-corrected chi connectivity index (χ1v) is 6.69. The third kappa shape index (κ3) is 1.99. The lowest BCUT2D eigenvalue weighted by Gasteiger charge is -2.21. The highest BCUT2D eigenvalue weighted by Gasteiger charge is 2.32. The first-order chi connectivity index (χ1) is 7.50. The summed E-state index contributed by atoms with van der Waals surface area (Å²) in [6.45, 7) is 4.47. The Morgan fingerprint density at radius 3 is 2.69 bits per heavy atom. The lowest BCUT2D eigenvalue weighted by atomic mass is 9.97. The predicted molar refractivity (Wildman–Crippen MR) is 70.7 cm³/mol. The predicted octanol–water partition coefficient (Wildman–Crippen LogP) is 3.40. The van der Waals surface area contributed by atoms with E-state index in [4.69, 9.17) is 5.11 Å². The summed E-state index contributed by atoms with van der Waals surface area (Å²) < 4.78 is 2.96. The van der Waals surface area contributed by atoms with Gasteiger partial charge in [-0.2, -0.15) is 0 Å². The molecule has 3 nitrogen and oxygen atoms in total. The van der Waals surface area contributed by atoms with Crippen LogP contribution in [0.3, 0.4) is 0 Å². The van der Waals surface area contributed by atoms with Gasteiger partial charge in [0.15, 0.2) is 0 Å². The maximum atomic E-state index is 11.2. The molecule has 1 N–H and O–H groups in total. The van der Waals surface area contributed by atoms with Gasteiger partial charge in [0.25, 0.3) is 0 Å². The van der Waals surface area contributed by atoms with Crippen molar-refractivity contribution < 1.29 is 9.90 Å². The second kappa shape index (κ2) is 4.39. The largest absolute Gasteiger partial charge is 0.477 e. The van der Waals surface area contributed by atoms with Gasteiger partial charge in [0.05, 0.1) is 0 Å². The molecule has 4 heteroatoms. The number of rotatable bonds is 2. The van der Waals surface area contributed by atoms with Crippen molar-refractivity contribution in [2.24, 2.45) is 11.8 Å². The standard InChI is InChI=1S/C12H16INO2/c1-7-3-4-10(8(7)2)14-6-9(13)5-11(14)12(15)16/h5-8,10H,3-4H2,1-2H3,(H,15,16). The Balaban J connectivity index is 2.36. The van der Waals surface area contributed by atoms with Gasteiger partial charge in [-0.3, -0.25) is 0 Å². The van der Waals surface area contributed by atoms with Crippen LogP contribution in [0.2, 0.25) is 0 Å². The maximum absolute atomic E-state index is 11.2. The Hall–Kier alpha value is -0.520. The summed E-state index contributed by atoms with van der Waals surface area (Å²) in [5, 5.41) is 9.17. The monoisotopic (exact) mass is 333 g/mol. The molecule has 0 spiro atoms. The second-order valence-corrected chi connectivity index (χ2v) is 5.98. The van der Waals surface area contributed by atoms with Crippen molar-refractivity contribution in [3.05, 3.63) is 21.5 Å². The molecule has 1 heterocycles. The van der Waals surface area contributed by atoms with Crippen LogP contribution in [0.1, 0.15) is 43.2 Å². The highest BCUT2D eigenvalue weighted by atomic mass is 127. The van der Waals surface area contributed by atoms with Gasteiger partial charge in [0, 0.05) is 15.8 Å². The number of carboxylic acids is 1. The van der Waals surface area contributed by atoms with Crippen LogP contribution in [-0.2, 0) is 0 Å². The summed E-state index contributed by atoms with van der Waals surface area (Å²) in [5.74, 6) is 0.419. The molecule has 1 fully saturated rings. The molecule has 0 amide bonds. The minimum absolute atomic E-state index is 0.351. The van der Waals surface area contributed by atoms with E-state index < -0.39 is 5.97 Å². The molecule has 0 aromatic carbocycles. The highest BCUT2D eigenvalue weighted by Crippen LogP contribution is 2.40. The fourth-order valence-electron chi connectivity index (χ4n) is 2.62. The first-order valence-electron chi connectivity index (χ1n) is 5.61. The molecular weight excluding hydrogens is 317 g/mol. The zero-order valence-electron chi connectivity index (χ0n) is 9.48. The van der Waals surface area contributed by atoms with Crippen LogP contribution in [0.15, 0.2) is 12.3 Å². The SMILES string of the molecule is CC1CCC(n2cc(I)cc2C(=O)O)C1C. The third-order valence-corrected chi connectivity index (χ3v) is 4.40. The zero-order valence-corrected chi connectivity index (χ0v) is 11.6. The van der Waals surface area contributed by atoms with E-state index in [0.717, 1.165) is 9.99 Å². The molecule has 2 rings (SSSR count). The van der Waals surface area contributed by atoms with Gasteiger partial charge in [-0.05, 0) is 53.3 Å². The van der Waals surface area contributed by atoms with Crippen LogP contribution in [0, 0.1) is 15.4 Å². The molecule has 16 heavy (non-hydrogen) atoms. The summed E-state index contributed by atoms with van der Waals surface area (Å²) in [5.41, 5.74) is 0.426. The van der Waals surface area contributed by atoms with Crippen molar-refractivity contribution in [1.82, 2.24) is 4.57 Å². The van der Waals surface area contributed by atoms with Crippen LogP contribution in [0.4, 0.5) is 0 Å². The molecule has 0 aliphatic heterocycles. The Kier molecular flexibility index (Phi) is 3.28. The lowest BCUT2D eigenvalue weighted by molar-refractivity contribution is 0.0681. The number of carbonyl (C=O) groups is 1. The number of hydrogen-bond donors (Lipinski definition) is 1. The molecular formula is C12H16INO2. The fourth-order valence-corrected chi connectivity index (χ4v) is 3.22. The van der Waals surface area contributed by atoms with Gasteiger partial charge in [-0.1, -0.05) is 13.8 Å². The van der Waals surface area contributed by atoms with Gasteiger partial charge >= 0.3 is 5.97 Å². The molecule has 0 saturated heterocycles.